The maximum Gasteiger partial charge on any atom is 0.387 e. The minimum absolute atomic E-state index is 0.0589. The van der Waals surface area contributed by atoms with Gasteiger partial charge in [0.1, 0.15) is 5.75 Å². The van der Waals surface area contributed by atoms with Crippen molar-refractivity contribution < 1.29 is 13.5 Å². The molecule has 3 N–H and O–H groups in total. The summed E-state index contributed by atoms with van der Waals surface area (Å²) in [5.74, 6) is -0.0674. The molecule has 1 rings (SSSR count). The van der Waals surface area contributed by atoms with Crippen LogP contribution in [0.15, 0.2) is 18.2 Å². The van der Waals surface area contributed by atoms with Crippen molar-refractivity contribution in [2.75, 3.05) is 5.32 Å². The molecule has 1 aromatic carbocycles. The highest BCUT2D eigenvalue weighted by atomic mass is 35.5. The number of hydrogen-bond donors (Lipinski definition) is 2. The second kappa shape index (κ2) is 5.09. The third kappa shape index (κ3) is 3.85. The van der Waals surface area contributed by atoms with Gasteiger partial charge in [0.15, 0.2) is 5.11 Å². The lowest BCUT2D eigenvalue weighted by atomic mass is 10.3. The zero-order valence-electron chi connectivity index (χ0n) is 7.34. The van der Waals surface area contributed by atoms with Crippen molar-refractivity contribution >= 4 is 34.6 Å². The molecule has 82 valence electrons. The summed E-state index contributed by atoms with van der Waals surface area (Å²) in [6.07, 6.45) is 0. The highest BCUT2D eigenvalue weighted by Gasteiger charge is 2.10. The van der Waals surface area contributed by atoms with E-state index in [4.69, 9.17) is 17.3 Å². The lowest BCUT2D eigenvalue weighted by Gasteiger charge is -2.11. The highest BCUT2D eigenvalue weighted by molar-refractivity contribution is 7.80. The first-order valence-corrected chi connectivity index (χ1v) is 4.58. The molecule has 0 amide bonds. The fourth-order valence-electron chi connectivity index (χ4n) is 0.931. The molecular weight excluding hydrogens is 246 g/mol. The maximum absolute atomic E-state index is 12.0. The Balaban J connectivity index is 2.97. The molecular formula is C8H7ClF2N2OS. The zero-order chi connectivity index (χ0) is 11.4. The molecule has 0 aliphatic rings. The van der Waals surface area contributed by atoms with E-state index in [2.05, 4.69) is 22.3 Å². The number of alkyl halides is 2. The normalized spacial score (nSPS) is 10.1. The third-order valence-corrected chi connectivity index (χ3v) is 1.75. The molecule has 0 saturated heterocycles. The minimum atomic E-state index is -2.92. The molecule has 0 heterocycles. The summed E-state index contributed by atoms with van der Waals surface area (Å²) in [7, 11) is 0. The molecule has 0 fully saturated rings. The van der Waals surface area contributed by atoms with E-state index in [1.807, 2.05) is 0 Å². The molecule has 0 saturated carbocycles. The molecule has 0 radical (unpaired) electrons. The van der Waals surface area contributed by atoms with Crippen LogP contribution in [0.2, 0.25) is 5.02 Å². The van der Waals surface area contributed by atoms with Crippen LogP contribution in [-0.4, -0.2) is 11.7 Å². The second-order valence-electron chi connectivity index (χ2n) is 2.51. The van der Waals surface area contributed by atoms with Crippen molar-refractivity contribution in [2.24, 2.45) is 5.73 Å². The number of nitrogens with one attached hydrogen (secondary N) is 1. The number of nitrogens with two attached hydrogens (primary N) is 1. The summed E-state index contributed by atoms with van der Waals surface area (Å²) in [6.45, 7) is -2.92. The number of thiocarbonyl (C=S) groups is 1. The fourth-order valence-corrected chi connectivity index (χ4v) is 1.21. The van der Waals surface area contributed by atoms with Crippen molar-refractivity contribution in [1.29, 1.82) is 0 Å². The van der Waals surface area contributed by atoms with Gasteiger partial charge in [0.2, 0.25) is 0 Å². The summed E-state index contributed by atoms with van der Waals surface area (Å²) < 4.78 is 28.2. The maximum atomic E-state index is 12.0. The van der Waals surface area contributed by atoms with E-state index in [0.717, 1.165) is 0 Å². The van der Waals surface area contributed by atoms with Crippen LogP contribution >= 0.6 is 23.8 Å². The predicted octanol–water partition coefficient (Wildman–Crippen LogP) is 2.60. The van der Waals surface area contributed by atoms with Gasteiger partial charge in [0, 0.05) is 5.02 Å². The fraction of sp³-hybridized carbons (Fsp3) is 0.125. The van der Waals surface area contributed by atoms with E-state index in [1.165, 1.54) is 18.2 Å². The van der Waals surface area contributed by atoms with E-state index in [9.17, 15) is 8.78 Å². The van der Waals surface area contributed by atoms with E-state index in [0.29, 0.717) is 5.02 Å². The number of benzene rings is 1. The van der Waals surface area contributed by atoms with Crippen LogP contribution in [0, 0.1) is 0 Å². The second-order valence-corrected chi connectivity index (χ2v) is 3.38. The minimum Gasteiger partial charge on any atom is -0.433 e. The summed E-state index contributed by atoms with van der Waals surface area (Å²) in [5, 5.41) is 2.78. The Kier molecular flexibility index (Phi) is 4.05. The standard InChI is InChI=1S/C8H7ClF2N2OS/c9-4-1-2-6(14-7(10)11)5(3-4)13-8(12)15/h1-3,7H,(H3,12,13,15). The topological polar surface area (TPSA) is 47.3 Å². The molecule has 0 atom stereocenters. The largest absolute Gasteiger partial charge is 0.433 e. The molecule has 0 aliphatic carbocycles. The van der Waals surface area contributed by atoms with Crippen LogP contribution < -0.4 is 15.8 Å². The Morgan fingerprint density at radius 1 is 1.53 bits per heavy atom. The van der Waals surface area contributed by atoms with Gasteiger partial charge in [-0.3, -0.25) is 0 Å². The highest BCUT2D eigenvalue weighted by Crippen LogP contribution is 2.29. The summed E-state index contributed by atoms with van der Waals surface area (Å²) in [5.41, 5.74) is 5.41. The Morgan fingerprint density at radius 2 is 2.20 bits per heavy atom. The van der Waals surface area contributed by atoms with Crippen LogP contribution in [0.5, 0.6) is 5.75 Å². The first kappa shape index (κ1) is 11.9. The van der Waals surface area contributed by atoms with Gasteiger partial charge in [-0.1, -0.05) is 11.6 Å². The predicted molar refractivity (Wildman–Crippen MR) is 58.5 cm³/mol. The molecule has 1 aromatic rings. The summed E-state index contributed by atoms with van der Waals surface area (Å²) in [6, 6.07) is 4.11. The molecule has 3 nitrogen and oxygen atoms in total. The van der Waals surface area contributed by atoms with Gasteiger partial charge in [-0.2, -0.15) is 8.78 Å². The van der Waals surface area contributed by atoms with Crippen molar-refractivity contribution in [1.82, 2.24) is 0 Å². The van der Waals surface area contributed by atoms with Crippen LogP contribution in [0.1, 0.15) is 0 Å². The van der Waals surface area contributed by atoms with Gasteiger partial charge < -0.3 is 15.8 Å². The molecule has 15 heavy (non-hydrogen) atoms. The van der Waals surface area contributed by atoms with Crippen LogP contribution in [0.4, 0.5) is 14.5 Å². The van der Waals surface area contributed by atoms with Crippen LogP contribution in [0.25, 0.3) is 0 Å². The number of rotatable bonds is 3. The molecule has 7 heteroatoms. The van der Waals surface area contributed by atoms with Gasteiger partial charge >= 0.3 is 6.61 Å². The van der Waals surface area contributed by atoms with Gasteiger partial charge in [-0.15, -0.1) is 0 Å². The van der Waals surface area contributed by atoms with E-state index in [-0.39, 0.29) is 16.5 Å². The van der Waals surface area contributed by atoms with Gasteiger partial charge in [0.05, 0.1) is 5.69 Å². The molecule has 0 unspecified atom stereocenters. The van der Waals surface area contributed by atoms with Crippen LogP contribution in [-0.2, 0) is 0 Å². The van der Waals surface area contributed by atoms with Gasteiger partial charge in [-0.25, -0.2) is 0 Å². The monoisotopic (exact) mass is 252 g/mol. The number of anilines is 1. The number of halogens is 3. The van der Waals surface area contributed by atoms with E-state index in [1.54, 1.807) is 0 Å². The quantitative estimate of drug-likeness (QED) is 0.812. The van der Waals surface area contributed by atoms with Crippen molar-refractivity contribution in [3.8, 4) is 5.75 Å². The Hall–Kier alpha value is -1.14. The van der Waals surface area contributed by atoms with Gasteiger partial charge in [-0.05, 0) is 30.4 Å². The SMILES string of the molecule is NC(=S)Nc1cc(Cl)ccc1OC(F)F. The Bertz CT molecular complexity index is 376. The lowest BCUT2D eigenvalue weighted by molar-refractivity contribution is -0.0493. The average molecular weight is 253 g/mol. The Morgan fingerprint density at radius 3 is 2.73 bits per heavy atom. The molecule has 0 aromatic heterocycles. The van der Waals surface area contributed by atoms with Crippen molar-refractivity contribution in [3.05, 3.63) is 23.2 Å². The molecule has 0 bridgehead atoms. The van der Waals surface area contributed by atoms with Crippen LogP contribution in [0.3, 0.4) is 0 Å². The average Bonchev–Trinajstić information content (AvgIpc) is 2.08. The number of hydrogen-bond acceptors (Lipinski definition) is 2. The van der Waals surface area contributed by atoms with Gasteiger partial charge in [0.25, 0.3) is 0 Å². The smallest absolute Gasteiger partial charge is 0.387 e. The summed E-state index contributed by atoms with van der Waals surface area (Å²) in [4.78, 5) is 0. The molecule has 0 aliphatic heterocycles. The first-order chi connectivity index (χ1) is 6.99. The van der Waals surface area contributed by atoms with Crippen molar-refractivity contribution in [3.63, 3.8) is 0 Å². The zero-order valence-corrected chi connectivity index (χ0v) is 8.91. The molecule has 0 spiro atoms. The summed E-state index contributed by atoms with van der Waals surface area (Å²) >= 11 is 10.2. The number of ether oxygens (including phenoxy) is 1. The third-order valence-electron chi connectivity index (χ3n) is 1.42. The van der Waals surface area contributed by atoms with E-state index >= 15 is 0 Å². The lowest BCUT2D eigenvalue weighted by Crippen LogP contribution is -2.19. The van der Waals surface area contributed by atoms with Crippen molar-refractivity contribution in [2.45, 2.75) is 6.61 Å². The Labute approximate surface area is 95.2 Å². The van der Waals surface area contributed by atoms with E-state index < -0.39 is 6.61 Å². The first-order valence-electron chi connectivity index (χ1n) is 3.80.